The number of carboxylic acid groups (broad SMARTS) is 1. The Bertz CT molecular complexity index is 378. The van der Waals surface area contributed by atoms with Crippen LogP contribution < -0.4 is 0 Å². The van der Waals surface area contributed by atoms with Gasteiger partial charge in [0, 0.05) is 6.20 Å². The predicted octanol–water partition coefficient (Wildman–Crippen LogP) is 2.45. The van der Waals surface area contributed by atoms with Crippen LogP contribution in [0.4, 0.5) is 13.2 Å². The quantitative estimate of drug-likeness (QED) is 0.799. The van der Waals surface area contributed by atoms with Crippen molar-refractivity contribution in [3.63, 3.8) is 0 Å². The van der Waals surface area contributed by atoms with Gasteiger partial charge in [-0.05, 0) is 6.07 Å². The van der Waals surface area contributed by atoms with E-state index in [0.29, 0.717) is 0 Å². The van der Waals surface area contributed by atoms with E-state index in [1.165, 1.54) is 0 Å². The molecule has 0 fully saturated rings. The van der Waals surface area contributed by atoms with Gasteiger partial charge < -0.3 is 5.11 Å². The fourth-order valence-corrected chi connectivity index (χ4v) is 1.08. The van der Waals surface area contributed by atoms with Crippen LogP contribution in [-0.4, -0.2) is 16.1 Å². The van der Waals surface area contributed by atoms with Crippen LogP contribution >= 0.6 is 11.6 Å². The maximum absolute atomic E-state index is 12.2. The van der Waals surface area contributed by atoms with Crippen molar-refractivity contribution in [1.29, 1.82) is 0 Å². The summed E-state index contributed by atoms with van der Waals surface area (Å²) in [4.78, 5) is 13.4. The molecular formula is C7H3ClF3NO2. The SMILES string of the molecule is O=C(O)c1c(Cl)ccnc1C(F)(F)F. The highest BCUT2D eigenvalue weighted by Gasteiger charge is 2.38. The first-order valence-electron chi connectivity index (χ1n) is 3.29. The molecule has 0 saturated heterocycles. The van der Waals surface area contributed by atoms with Crippen LogP contribution in [0.15, 0.2) is 12.3 Å². The number of hydrogen-bond donors (Lipinski definition) is 1. The van der Waals surface area contributed by atoms with E-state index in [-0.39, 0.29) is 0 Å². The van der Waals surface area contributed by atoms with Crippen LogP contribution in [0, 0.1) is 0 Å². The number of aromatic nitrogens is 1. The predicted molar refractivity (Wildman–Crippen MR) is 41.2 cm³/mol. The van der Waals surface area contributed by atoms with Gasteiger partial charge in [-0.25, -0.2) is 4.79 Å². The van der Waals surface area contributed by atoms with Gasteiger partial charge >= 0.3 is 12.1 Å². The zero-order valence-electron chi connectivity index (χ0n) is 6.47. The van der Waals surface area contributed by atoms with Crippen molar-refractivity contribution in [3.05, 3.63) is 28.5 Å². The number of pyridine rings is 1. The summed E-state index contributed by atoms with van der Waals surface area (Å²) in [6.45, 7) is 0. The molecule has 1 aromatic heterocycles. The molecule has 0 aliphatic rings. The standard InChI is InChI=1S/C7H3ClF3NO2/c8-3-1-2-12-5(7(9,10)11)4(3)6(13)14/h1-2H,(H,13,14). The summed E-state index contributed by atoms with van der Waals surface area (Å²) in [6, 6.07) is 0.986. The zero-order valence-corrected chi connectivity index (χ0v) is 7.23. The summed E-state index contributed by atoms with van der Waals surface area (Å²) in [5.41, 5.74) is -2.51. The minimum Gasteiger partial charge on any atom is -0.478 e. The summed E-state index contributed by atoms with van der Waals surface area (Å²) in [5.74, 6) is -1.75. The maximum atomic E-state index is 12.2. The fourth-order valence-electron chi connectivity index (χ4n) is 0.857. The smallest absolute Gasteiger partial charge is 0.434 e. The van der Waals surface area contributed by atoms with Crippen LogP contribution in [0.3, 0.4) is 0 Å². The Kier molecular flexibility index (Phi) is 2.66. The Morgan fingerprint density at radius 3 is 2.43 bits per heavy atom. The van der Waals surface area contributed by atoms with Crippen LogP contribution in [-0.2, 0) is 6.18 Å². The van der Waals surface area contributed by atoms with Gasteiger partial charge in [-0.2, -0.15) is 13.2 Å². The van der Waals surface area contributed by atoms with Gasteiger partial charge in [0.25, 0.3) is 0 Å². The van der Waals surface area contributed by atoms with Crippen molar-refractivity contribution in [2.75, 3.05) is 0 Å². The third kappa shape index (κ3) is 1.95. The normalized spacial score (nSPS) is 11.4. The van der Waals surface area contributed by atoms with Gasteiger partial charge in [-0.15, -0.1) is 0 Å². The maximum Gasteiger partial charge on any atom is 0.434 e. The molecule has 0 spiro atoms. The minimum absolute atomic E-state index is 0.486. The van der Waals surface area contributed by atoms with E-state index in [4.69, 9.17) is 16.7 Å². The van der Waals surface area contributed by atoms with Crippen LogP contribution in [0.5, 0.6) is 0 Å². The molecule has 0 aromatic carbocycles. The Labute approximate surface area is 81.1 Å². The van der Waals surface area contributed by atoms with E-state index in [1.54, 1.807) is 0 Å². The molecule has 1 heterocycles. The molecule has 1 rings (SSSR count). The lowest BCUT2D eigenvalue weighted by atomic mass is 10.2. The topological polar surface area (TPSA) is 50.2 Å². The molecule has 0 amide bonds. The molecule has 0 unspecified atom stereocenters. The van der Waals surface area contributed by atoms with E-state index in [0.717, 1.165) is 12.3 Å². The molecule has 0 aliphatic heterocycles. The first-order chi connectivity index (χ1) is 6.34. The van der Waals surface area contributed by atoms with Gasteiger partial charge in [0.05, 0.1) is 5.02 Å². The highest BCUT2D eigenvalue weighted by molar-refractivity contribution is 6.33. The van der Waals surface area contributed by atoms with Gasteiger partial charge in [0.2, 0.25) is 0 Å². The third-order valence-electron chi connectivity index (χ3n) is 1.38. The van der Waals surface area contributed by atoms with Gasteiger partial charge in [0.15, 0.2) is 5.69 Å². The molecule has 1 aromatic rings. The second-order valence-corrected chi connectivity index (χ2v) is 2.73. The molecule has 0 radical (unpaired) electrons. The molecule has 14 heavy (non-hydrogen) atoms. The summed E-state index contributed by atoms with van der Waals surface area (Å²) in [6.07, 6.45) is -4.02. The van der Waals surface area contributed by atoms with Crippen molar-refractivity contribution < 1.29 is 23.1 Å². The van der Waals surface area contributed by atoms with Crippen LogP contribution in [0.25, 0.3) is 0 Å². The molecular weight excluding hydrogens is 223 g/mol. The summed E-state index contributed by atoms with van der Waals surface area (Å²) in [5, 5.41) is 8.00. The first-order valence-corrected chi connectivity index (χ1v) is 3.67. The van der Waals surface area contributed by atoms with E-state index in [1.807, 2.05) is 0 Å². The molecule has 0 aliphatic carbocycles. The highest BCUT2D eigenvalue weighted by Crippen LogP contribution is 2.32. The van der Waals surface area contributed by atoms with Crippen LogP contribution in [0.1, 0.15) is 16.1 Å². The van der Waals surface area contributed by atoms with Crippen molar-refractivity contribution in [3.8, 4) is 0 Å². The Morgan fingerprint density at radius 2 is 2.07 bits per heavy atom. The Hall–Kier alpha value is -1.30. The molecule has 76 valence electrons. The number of carboxylic acids is 1. The second-order valence-electron chi connectivity index (χ2n) is 2.32. The highest BCUT2D eigenvalue weighted by atomic mass is 35.5. The fraction of sp³-hybridized carbons (Fsp3) is 0.143. The lowest BCUT2D eigenvalue weighted by Gasteiger charge is -2.09. The van der Waals surface area contributed by atoms with Gasteiger partial charge in [-0.1, -0.05) is 11.6 Å². The number of halogens is 4. The third-order valence-corrected chi connectivity index (χ3v) is 1.70. The molecule has 1 N–H and O–H groups in total. The minimum atomic E-state index is -4.82. The van der Waals surface area contributed by atoms with Crippen molar-refractivity contribution in [2.24, 2.45) is 0 Å². The largest absolute Gasteiger partial charge is 0.478 e. The summed E-state index contributed by atoms with van der Waals surface area (Å²) in [7, 11) is 0. The number of rotatable bonds is 1. The van der Waals surface area contributed by atoms with E-state index in [9.17, 15) is 18.0 Å². The monoisotopic (exact) mass is 225 g/mol. The van der Waals surface area contributed by atoms with E-state index in [2.05, 4.69) is 4.98 Å². The zero-order chi connectivity index (χ0) is 10.9. The van der Waals surface area contributed by atoms with Crippen molar-refractivity contribution in [1.82, 2.24) is 4.98 Å². The Balaban J connectivity index is 3.44. The second kappa shape index (κ2) is 3.45. The molecule has 0 saturated carbocycles. The van der Waals surface area contributed by atoms with Gasteiger partial charge in [0.1, 0.15) is 5.56 Å². The van der Waals surface area contributed by atoms with Crippen molar-refractivity contribution in [2.45, 2.75) is 6.18 Å². The first kappa shape index (κ1) is 10.8. The number of hydrogen-bond acceptors (Lipinski definition) is 2. The summed E-state index contributed by atoms with van der Waals surface area (Å²) < 4.78 is 36.6. The molecule has 0 atom stereocenters. The number of aromatic carboxylic acids is 1. The van der Waals surface area contributed by atoms with E-state index < -0.39 is 28.4 Å². The molecule has 7 heteroatoms. The lowest BCUT2D eigenvalue weighted by Crippen LogP contribution is -2.15. The summed E-state index contributed by atoms with van der Waals surface area (Å²) >= 11 is 5.31. The van der Waals surface area contributed by atoms with Crippen molar-refractivity contribution >= 4 is 17.6 Å². The average molecular weight is 226 g/mol. The molecule has 3 nitrogen and oxygen atoms in total. The van der Waals surface area contributed by atoms with Gasteiger partial charge in [-0.3, -0.25) is 4.98 Å². The average Bonchev–Trinajstić information content (AvgIpc) is 2.01. The Morgan fingerprint density at radius 1 is 1.50 bits per heavy atom. The lowest BCUT2D eigenvalue weighted by molar-refractivity contribution is -0.141. The number of nitrogens with zero attached hydrogens (tertiary/aromatic N) is 1. The number of carbonyl (C=O) groups is 1. The van der Waals surface area contributed by atoms with E-state index >= 15 is 0 Å². The molecule has 0 bridgehead atoms. The number of alkyl halides is 3. The van der Waals surface area contributed by atoms with Crippen LogP contribution in [0.2, 0.25) is 5.02 Å².